The van der Waals surface area contributed by atoms with Crippen molar-refractivity contribution in [1.29, 1.82) is 5.26 Å². The summed E-state index contributed by atoms with van der Waals surface area (Å²) in [7, 11) is -4.00. The third-order valence-corrected chi connectivity index (χ3v) is 4.28. The molecule has 0 radical (unpaired) electrons. The van der Waals surface area contributed by atoms with Crippen molar-refractivity contribution in [3.63, 3.8) is 0 Å². The number of carboxylic acids is 1. The fourth-order valence-corrected chi connectivity index (χ4v) is 2.61. The first-order chi connectivity index (χ1) is 8.75. The van der Waals surface area contributed by atoms with Gasteiger partial charge in [-0.1, -0.05) is 6.92 Å². The topological polar surface area (TPSA) is 120 Å². The summed E-state index contributed by atoms with van der Waals surface area (Å²) in [6.07, 6.45) is 1.10. The van der Waals surface area contributed by atoms with Gasteiger partial charge in [0.2, 0.25) is 10.0 Å². The number of nitrogens with zero attached hydrogens (tertiary/aromatic N) is 2. The van der Waals surface area contributed by atoms with Gasteiger partial charge in [0.15, 0.2) is 0 Å². The van der Waals surface area contributed by atoms with Crippen molar-refractivity contribution < 1.29 is 18.3 Å². The molecule has 0 aliphatic heterocycles. The smallest absolute Gasteiger partial charge is 0.324 e. The van der Waals surface area contributed by atoms with Crippen LogP contribution in [0.5, 0.6) is 0 Å². The third-order valence-electron chi connectivity index (χ3n) is 2.70. The van der Waals surface area contributed by atoms with Crippen molar-refractivity contribution in [2.75, 3.05) is 0 Å². The molecule has 0 saturated carbocycles. The maximum atomic E-state index is 12.0. The lowest BCUT2D eigenvalue weighted by Gasteiger charge is -2.24. The van der Waals surface area contributed by atoms with Crippen molar-refractivity contribution in [3.8, 4) is 6.07 Å². The fraction of sp³-hybridized carbons (Fsp3) is 0.364. The maximum Gasteiger partial charge on any atom is 0.324 e. The molecule has 1 atom stereocenters. The van der Waals surface area contributed by atoms with E-state index < -0.39 is 21.5 Å². The Hall–Kier alpha value is -1.98. The molecule has 1 heterocycles. The van der Waals surface area contributed by atoms with Crippen LogP contribution in [0.1, 0.15) is 26.0 Å². The van der Waals surface area contributed by atoms with Crippen LogP contribution < -0.4 is 4.72 Å². The van der Waals surface area contributed by atoms with E-state index in [2.05, 4.69) is 9.71 Å². The van der Waals surface area contributed by atoms with Crippen LogP contribution >= 0.6 is 0 Å². The molecular weight excluding hydrogens is 270 g/mol. The Bertz CT molecular complexity index is 618. The Labute approximate surface area is 110 Å². The molecule has 2 N–H and O–H groups in total. The maximum absolute atomic E-state index is 12.0. The summed E-state index contributed by atoms with van der Waals surface area (Å²) in [5.41, 5.74) is -1.51. The number of hydrogen-bond donors (Lipinski definition) is 2. The van der Waals surface area contributed by atoms with E-state index in [1.54, 1.807) is 13.0 Å². The summed E-state index contributed by atoms with van der Waals surface area (Å²) in [6, 6.07) is 4.21. The highest BCUT2D eigenvalue weighted by Crippen LogP contribution is 2.16. The van der Waals surface area contributed by atoms with Gasteiger partial charge in [-0.25, -0.2) is 13.4 Å². The number of carbonyl (C=O) groups is 1. The lowest BCUT2D eigenvalue weighted by molar-refractivity contribution is -0.143. The number of hydrogen-bond acceptors (Lipinski definition) is 5. The molecule has 1 rings (SSSR count). The van der Waals surface area contributed by atoms with Gasteiger partial charge in [-0.3, -0.25) is 4.79 Å². The second-order valence-corrected chi connectivity index (χ2v) is 5.77. The van der Waals surface area contributed by atoms with Crippen LogP contribution in [0.25, 0.3) is 0 Å². The third kappa shape index (κ3) is 3.27. The largest absolute Gasteiger partial charge is 0.480 e. The number of nitrogens with one attached hydrogen (secondary N) is 1. The average Bonchev–Trinajstić information content (AvgIpc) is 2.38. The number of carboxylic acid groups (broad SMARTS) is 1. The van der Waals surface area contributed by atoms with Crippen LogP contribution in [0.4, 0.5) is 0 Å². The molecule has 19 heavy (non-hydrogen) atoms. The van der Waals surface area contributed by atoms with E-state index in [1.807, 2.05) is 0 Å². The summed E-state index contributed by atoms with van der Waals surface area (Å²) >= 11 is 0. The second kappa shape index (κ2) is 5.34. The van der Waals surface area contributed by atoms with Gasteiger partial charge >= 0.3 is 5.97 Å². The van der Waals surface area contributed by atoms with Crippen LogP contribution in [0.15, 0.2) is 23.2 Å². The van der Waals surface area contributed by atoms with Gasteiger partial charge in [0.25, 0.3) is 0 Å². The molecule has 1 unspecified atom stereocenters. The first-order valence-electron chi connectivity index (χ1n) is 5.38. The molecular formula is C11H13N3O4S. The standard InChI is InChI=1S/C11H13N3O4S/c1-3-11(2,10(15)16)14-19(17,18)9-5-4-8(6-12)13-7-9/h4-5,7,14H,3H2,1-2H3,(H,15,16). The Balaban J connectivity index is 3.11. The van der Waals surface area contributed by atoms with Gasteiger partial charge in [-0.15, -0.1) is 0 Å². The molecule has 0 amide bonds. The average molecular weight is 283 g/mol. The highest BCUT2D eigenvalue weighted by atomic mass is 32.2. The van der Waals surface area contributed by atoms with Crippen LogP contribution in [0, 0.1) is 11.3 Å². The van der Waals surface area contributed by atoms with Crippen molar-refractivity contribution in [2.45, 2.75) is 30.7 Å². The lowest BCUT2D eigenvalue weighted by atomic mass is 10.0. The number of aromatic nitrogens is 1. The van der Waals surface area contributed by atoms with E-state index in [9.17, 15) is 13.2 Å². The van der Waals surface area contributed by atoms with Crippen LogP contribution in [-0.4, -0.2) is 30.0 Å². The molecule has 8 heteroatoms. The van der Waals surface area contributed by atoms with E-state index in [0.29, 0.717) is 0 Å². The first kappa shape index (κ1) is 15.1. The van der Waals surface area contributed by atoms with Crippen LogP contribution in [-0.2, 0) is 14.8 Å². The van der Waals surface area contributed by atoms with Crippen LogP contribution in [0.2, 0.25) is 0 Å². The van der Waals surface area contributed by atoms with Gasteiger partial charge in [0.1, 0.15) is 22.2 Å². The normalized spacial score (nSPS) is 14.4. The molecule has 0 fully saturated rings. The van der Waals surface area contributed by atoms with Gasteiger partial charge in [0, 0.05) is 6.20 Å². The molecule has 0 spiro atoms. The lowest BCUT2D eigenvalue weighted by Crippen LogP contribution is -2.51. The number of aliphatic carboxylic acids is 1. The number of rotatable bonds is 5. The summed E-state index contributed by atoms with van der Waals surface area (Å²) in [4.78, 5) is 14.5. The highest BCUT2D eigenvalue weighted by Gasteiger charge is 2.36. The number of sulfonamides is 1. The minimum Gasteiger partial charge on any atom is -0.480 e. The summed E-state index contributed by atoms with van der Waals surface area (Å²) in [5, 5.41) is 17.6. The Morgan fingerprint density at radius 1 is 1.58 bits per heavy atom. The van der Waals surface area contributed by atoms with Crippen LogP contribution in [0.3, 0.4) is 0 Å². The van der Waals surface area contributed by atoms with E-state index in [-0.39, 0.29) is 17.0 Å². The SMILES string of the molecule is CCC(C)(NS(=O)(=O)c1ccc(C#N)nc1)C(=O)O. The Morgan fingerprint density at radius 2 is 2.21 bits per heavy atom. The highest BCUT2D eigenvalue weighted by molar-refractivity contribution is 7.89. The molecule has 7 nitrogen and oxygen atoms in total. The van der Waals surface area contributed by atoms with Crippen molar-refractivity contribution in [2.24, 2.45) is 0 Å². The number of pyridine rings is 1. The summed E-state index contributed by atoms with van der Waals surface area (Å²) in [5.74, 6) is -1.26. The molecule has 0 bridgehead atoms. The van der Waals surface area contributed by atoms with Crippen molar-refractivity contribution in [3.05, 3.63) is 24.0 Å². The van der Waals surface area contributed by atoms with E-state index in [4.69, 9.17) is 10.4 Å². The zero-order valence-corrected chi connectivity index (χ0v) is 11.2. The zero-order valence-electron chi connectivity index (χ0n) is 10.4. The second-order valence-electron chi connectivity index (χ2n) is 4.09. The monoisotopic (exact) mass is 283 g/mol. The predicted molar refractivity (Wildman–Crippen MR) is 65.6 cm³/mol. The molecule has 0 saturated heterocycles. The van der Waals surface area contributed by atoms with Crippen molar-refractivity contribution in [1.82, 2.24) is 9.71 Å². The predicted octanol–water partition coefficient (Wildman–Crippen LogP) is 0.485. The molecule has 1 aromatic heterocycles. The first-order valence-corrected chi connectivity index (χ1v) is 6.87. The van der Waals surface area contributed by atoms with E-state index in [0.717, 1.165) is 6.20 Å². The van der Waals surface area contributed by atoms with Gasteiger partial charge in [-0.05, 0) is 25.5 Å². The van der Waals surface area contributed by atoms with Gasteiger partial charge in [-0.2, -0.15) is 9.98 Å². The van der Waals surface area contributed by atoms with E-state index in [1.165, 1.54) is 19.1 Å². The Morgan fingerprint density at radius 3 is 2.58 bits per heavy atom. The summed E-state index contributed by atoms with van der Waals surface area (Å²) in [6.45, 7) is 2.84. The zero-order chi connectivity index (χ0) is 14.7. The molecule has 1 aromatic rings. The van der Waals surface area contributed by atoms with Gasteiger partial charge < -0.3 is 5.11 Å². The summed E-state index contributed by atoms with van der Waals surface area (Å²) < 4.78 is 26.1. The molecule has 0 aliphatic carbocycles. The van der Waals surface area contributed by atoms with Gasteiger partial charge in [0.05, 0.1) is 0 Å². The molecule has 102 valence electrons. The number of nitriles is 1. The fourth-order valence-electron chi connectivity index (χ4n) is 1.23. The van der Waals surface area contributed by atoms with E-state index >= 15 is 0 Å². The quantitative estimate of drug-likeness (QED) is 0.811. The van der Waals surface area contributed by atoms with Crippen molar-refractivity contribution >= 4 is 16.0 Å². The molecule has 0 aromatic carbocycles. The minimum absolute atomic E-state index is 0.0791. The molecule has 0 aliphatic rings. The Kier molecular flexibility index (Phi) is 4.24. The minimum atomic E-state index is -4.00.